The van der Waals surface area contributed by atoms with Gasteiger partial charge in [0.15, 0.2) is 11.6 Å². The quantitative estimate of drug-likeness (QED) is 0.0779. The van der Waals surface area contributed by atoms with E-state index in [0.717, 1.165) is 28.3 Å². The van der Waals surface area contributed by atoms with Gasteiger partial charge in [0.1, 0.15) is 17.4 Å². The van der Waals surface area contributed by atoms with E-state index in [1.807, 2.05) is 109 Å². The number of carbonyl (C=O) groups excluding carboxylic acids is 1. The van der Waals surface area contributed by atoms with Crippen LogP contribution in [0, 0.1) is 11.6 Å². The summed E-state index contributed by atoms with van der Waals surface area (Å²) < 4.78 is 39.9. The van der Waals surface area contributed by atoms with Crippen molar-refractivity contribution in [2.24, 2.45) is 4.99 Å². The smallest absolute Gasteiger partial charge is 0.266 e. The summed E-state index contributed by atoms with van der Waals surface area (Å²) in [6, 6.07) is 38.3. The largest absolute Gasteiger partial charge is 0.494 e. The Hall–Kier alpha value is -5.64. The molecule has 1 amide bonds. The van der Waals surface area contributed by atoms with Gasteiger partial charge < -0.3 is 14.6 Å². The maximum absolute atomic E-state index is 14.4. The van der Waals surface area contributed by atoms with Gasteiger partial charge in [-0.25, -0.2) is 19.2 Å². The number of nitrogens with zero attached hydrogens (tertiary/aromatic N) is 1. The first-order valence-corrected chi connectivity index (χ1v) is 16.9. The van der Waals surface area contributed by atoms with E-state index in [1.165, 1.54) is 12.1 Å². The molecule has 0 spiro atoms. The van der Waals surface area contributed by atoms with E-state index < -0.39 is 29.2 Å². The average molecular weight is 688 g/mol. The van der Waals surface area contributed by atoms with Crippen molar-refractivity contribution in [2.75, 3.05) is 19.8 Å². The number of rotatable bonds is 15. The van der Waals surface area contributed by atoms with Gasteiger partial charge in [-0.05, 0) is 70.6 Å². The van der Waals surface area contributed by atoms with Crippen LogP contribution in [0.15, 0.2) is 138 Å². The molecule has 0 saturated heterocycles. The van der Waals surface area contributed by atoms with Crippen LogP contribution in [0.2, 0.25) is 0 Å². The zero-order valence-electron chi connectivity index (χ0n) is 28.0. The maximum Gasteiger partial charge on any atom is 0.266 e. The van der Waals surface area contributed by atoms with Crippen molar-refractivity contribution in [1.82, 2.24) is 10.9 Å². The van der Waals surface area contributed by atoms with Gasteiger partial charge in [-0.2, -0.15) is 0 Å². The summed E-state index contributed by atoms with van der Waals surface area (Å²) in [5.74, 6) is -0.812. The molecular weight excluding hydrogens is 648 g/mol. The third-order valence-electron chi connectivity index (χ3n) is 8.55. The summed E-state index contributed by atoms with van der Waals surface area (Å²) in [6.45, 7) is 0.639. The van der Waals surface area contributed by atoms with Crippen molar-refractivity contribution < 1.29 is 28.2 Å². The highest BCUT2D eigenvalue weighted by Crippen LogP contribution is 2.43. The average Bonchev–Trinajstić information content (AvgIpc) is 3.55. The molecule has 1 aliphatic rings. The van der Waals surface area contributed by atoms with Crippen molar-refractivity contribution in [3.05, 3.63) is 167 Å². The Balaban J connectivity index is 1.33. The highest BCUT2D eigenvalue weighted by molar-refractivity contribution is 6.01. The number of ether oxygens (including phenoxy) is 2. The zero-order chi connectivity index (χ0) is 35.5. The molecule has 7 nitrogen and oxygen atoms in total. The van der Waals surface area contributed by atoms with Crippen molar-refractivity contribution in [3.8, 4) is 16.9 Å². The lowest BCUT2D eigenvalue weighted by Crippen LogP contribution is -2.52. The molecule has 6 rings (SSSR count). The van der Waals surface area contributed by atoms with Gasteiger partial charge >= 0.3 is 0 Å². The summed E-state index contributed by atoms with van der Waals surface area (Å²) >= 11 is 0. The van der Waals surface area contributed by atoms with Gasteiger partial charge in [0.25, 0.3) is 5.91 Å². The molecule has 2 atom stereocenters. The second-order valence-corrected chi connectivity index (χ2v) is 12.2. The van der Waals surface area contributed by atoms with Crippen LogP contribution in [0.4, 0.5) is 8.78 Å². The fourth-order valence-corrected chi connectivity index (χ4v) is 5.95. The van der Waals surface area contributed by atoms with Crippen molar-refractivity contribution in [1.29, 1.82) is 0 Å². The number of halogens is 2. The van der Waals surface area contributed by atoms with E-state index in [1.54, 1.807) is 12.1 Å². The van der Waals surface area contributed by atoms with Gasteiger partial charge in [0, 0.05) is 37.6 Å². The molecule has 0 saturated carbocycles. The van der Waals surface area contributed by atoms with E-state index in [9.17, 15) is 13.6 Å². The topological polar surface area (TPSA) is 92.2 Å². The highest BCUT2D eigenvalue weighted by Gasteiger charge is 2.52. The van der Waals surface area contributed by atoms with Crippen LogP contribution in [0.5, 0.6) is 5.75 Å². The monoisotopic (exact) mass is 687 g/mol. The summed E-state index contributed by atoms with van der Waals surface area (Å²) in [4.78, 5) is 19.5. The molecular formula is C42H39F2N3O4. The molecule has 0 radical (unpaired) electrons. The Morgan fingerprint density at radius 2 is 1.49 bits per heavy atom. The highest BCUT2D eigenvalue weighted by atomic mass is 19.1. The number of hydrogen-bond donors (Lipinski definition) is 3. The molecule has 260 valence electrons. The third-order valence-corrected chi connectivity index (χ3v) is 8.55. The van der Waals surface area contributed by atoms with Gasteiger partial charge in [0.05, 0.1) is 6.61 Å². The number of nitrogens with one attached hydrogen (secondary N) is 2. The molecule has 0 aromatic heterocycles. The molecule has 0 unspecified atom stereocenters. The lowest BCUT2D eigenvalue weighted by atomic mass is 9.84. The molecule has 0 bridgehead atoms. The van der Waals surface area contributed by atoms with E-state index in [2.05, 4.69) is 10.9 Å². The third kappa shape index (κ3) is 8.94. The van der Waals surface area contributed by atoms with Gasteiger partial charge in [-0.15, -0.1) is 0 Å². The lowest BCUT2D eigenvalue weighted by Gasteiger charge is -2.30. The SMILES string of the molecule is O=C(NNCCc1cc(F)cc(F)c1)[C@@]1(C/C=C/c2ccccc2)N=C(c2ccc(OCCCO)cc2)O[C@H]1c1ccc(-c2ccccc2)cc1. The summed E-state index contributed by atoms with van der Waals surface area (Å²) in [5, 5.41) is 9.10. The van der Waals surface area contributed by atoms with Crippen LogP contribution < -0.4 is 15.6 Å². The lowest BCUT2D eigenvalue weighted by molar-refractivity contribution is -0.129. The Morgan fingerprint density at radius 3 is 2.18 bits per heavy atom. The Morgan fingerprint density at radius 1 is 0.843 bits per heavy atom. The second-order valence-electron chi connectivity index (χ2n) is 12.2. The van der Waals surface area contributed by atoms with E-state index in [0.29, 0.717) is 35.8 Å². The molecule has 51 heavy (non-hydrogen) atoms. The Kier molecular flexibility index (Phi) is 11.6. The fourth-order valence-electron chi connectivity index (χ4n) is 5.95. The fraction of sp³-hybridized carbons (Fsp3) is 0.190. The minimum Gasteiger partial charge on any atom is -0.494 e. The van der Waals surface area contributed by atoms with Crippen LogP contribution in [-0.2, 0) is 16.0 Å². The van der Waals surface area contributed by atoms with Crippen molar-refractivity contribution in [3.63, 3.8) is 0 Å². The first-order chi connectivity index (χ1) is 24.9. The first kappa shape index (κ1) is 35.2. The number of benzene rings is 5. The van der Waals surface area contributed by atoms with E-state index in [4.69, 9.17) is 19.6 Å². The number of aliphatic hydroxyl groups is 1. The second kappa shape index (κ2) is 16.8. The maximum atomic E-state index is 14.4. The summed E-state index contributed by atoms with van der Waals surface area (Å²) in [7, 11) is 0. The molecule has 1 heterocycles. The van der Waals surface area contributed by atoms with Crippen molar-refractivity contribution >= 4 is 17.9 Å². The van der Waals surface area contributed by atoms with Gasteiger partial charge in [-0.1, -0.05) is 97.1 Å². The molecule has 5 aromatic carbocycles. The predicted octanol–water partition coefficient (Wildman–Crippen LogP) is 7.62. The number of hydrogen-bond acceptors (Lipinski definition) is 6. The number of aliphatic hydroxyl groups excluding tert-OH is 1. The standard InChI is InChI=1S/C42H39F2N3O4/c43-36-27-31(28-37(44)29-36)22-24-45-47-41(49)42(23-7-11-30-9-3-1-4-10-30)39(34-16-14-33(15-17-34)32-12-5-2-6-13-32)51-40(46-42)35-18-20-38(21-19-35)50-26-8-25-48/h1-7,9-21,27-29,39,45,48H,8,22-26H2,(H,47,49)/b11-7+/t39-,42-/m0/s1. The van der Waals surface area contributed by atoms with Crippen molar-refractivity contribution in [2.45, 2.75) is 30.9 Å². The zero-order valence-corrected chi connectivity index (χ0v) is 28.0. The summed E-state index contributed by atoms with van der Waals surface area (Å²) in [5.41, 5.74) is 9.26. The van der Waals surface area contributed by atoms with Crippen LogP contribution in [0.3, 0.4) is 0 Å². The molecule has 0 aliphatic carbocycles. The number of aliphatic imine (C=N–C) groups is 1. The van der Waals surface area contributed by atoms with Gasteiger partial charge in [0.2, 0.25) is 5.90 Å². The Bertz CT molecular complexity index is 1930. The first-order valence-electron chi connectivity index (χ1n) is 16.9. The van der Waals surface area contributed by atoms with Crippen LogP contribution in [-0.4, -0.2) is 42.2 Å². The van der Waals surface area contributed by atoms with Gasteiger partial charge in [-0.3, -0.25) is 10.2 Å². The van der Waals surface area contributed by atoms with Crippen LogP contribution >= 0.6 is 0 Å². The predicted molar refractivity (Wildman–Crippen MR) is 195 cm³/mol. The molecule has 0 fully saturated rings. The Labute approximate surface area is 296 Å². The van der Waals surface area contributed by atoms with E-state index >= 15 is 0 Å². The minimum absolute atomic E-state index is 0.0392. The number of carbonyl (C=O) groups is 1. The minimum atomic E-state index is -1.44. The van der Waals surface area contributed by atoms with Crippen LogP contribution in [0.1, 0.15) is 41.2 Å². The van der Waals surface area contributed by atoms with E-state index in [-0.39, 0.29) is 26.0 Å². The molecule has 9 heteroatoms. The number of amides is 1. The molecule has 3 N–H and O–H groups in total. The van der Waals surface area contributed by atoms with Crippen LogP contribution in [0.25, 0.3) is 17.2 Å². The number of hydrazine groups is 1. The molecule has 1 aliphatic heterocycles. The normalized spacial score (nSPS) is 16.8. The summed E-state index contributed by atoms with van der Waals surface area (Å²) in [6.07, 6.45) is 4.05. The molecule has 5 aromatic rings.